The van der Waals surface area contributed by atoms with Gasteiger partial charge in [0.1, 0.15) is 0 Å². The van der Waals surface area contributed by atoms with E-state index in [0.717, 1.165) is 13.6 Å². The molecule has 2 nitrogen and oxygen atoms in total. The zero-order chi connectivity index (χ0) is 13.8. The third kappa shape index (κ3) is 3.79. The summed E-state index contributed by atoms with van der Waals surface area (Å²) in [7, 11) is 0. The molecule has 1 amide bonds. The van der Waals surface area contributed by atoms with Gasteiger partial charge in [0, 0.05) is 8.04 Å². The lowest BCUT2D eigenvalue weighted by molar-refractivity contribution is 0.0939. The second-order valence-electron chi connectivity index (χ2n) is 4.23. The SMILES string of the molecule is C[C@H](NC(=O)c1cc(I)ccc1Br)c1ccccc1. The molecule has 0 aromatic heterocycles. The van der Waals surface area contributed by atoms with Gasteiger partial charge in [0.05, 0.1) is 11.6 Å². The molecule has 0 saturated heterocycles. The molecule has 19 heavy (non-hydrogen) atoms. The normalized spacial score (nSPS) is 11.9. The Kier molecular flexibility index (Phi) is 4.99. The van der Waals surface area contributed by atoms with Gasteiger partial charge in [-0.15, -0.1) is 0 Å². The van der Waals surface area contributed by atoms with E-state index in [1.165, 1.54) is 0 Å². The lowest BCUT2D eigenvalue weighted by Gasteiger charge is -2.15. The van der Waals surface area contributed by atoms with E-state index in [1.807, 2.05) is 55.5 Å². The van der Waals surface area contributed by atoms with Gasteiger partial charge in [0.25, 0.3) is 5.91 Å². The smallest absolute Gasteiger partial charge is 0.252 e. The largest absolute Gasteiger partial charge is 0.345 e. The Bertz CT molecular complexity index is 586. The van der Waals surface area contributed by atoms with Crippen molar-refractivity contribution in [1.82, 2.24) is 5.32 Å². The maximum Gasteiger partial charge on any atom is 0.252 e. The molecular weight excluding hydrogens is 417 g/mol. The number of rotatable bonds is 3. The first-order valence-corrected chi connectivity index (χ1v) is 7.76. The van der Waals surface area contributed by atoms with Crippen molar-refractivity contribution in [2.24, 2.45) is 0 Å². The van der Waals surface area contributed by atoms with Crippen LogP contribution in [0.3, 0.4) is 0 Å². The third-order valence-electron chi connectivity index (χ3n) is 2.82. The highest BCUT2D eigenvalue weighted by molar-refractivity contribution is 14.1. The van der Waals surface area contributed by atoms with E-state index >= 15 is 0 Å². The molecular formula is C15H13BrINO. The molecule has 1 atom stereocenters. The molecule has 0 spiro atoms. The van der Waals surface area contributed by atoms with E-state index in [-0.39, 0.29) is 11.9 Å². The Morgan fingerprint density at radius 1 is 1.21 bits per heavy atom. The average molecular weight is 430 g/mol. The molecule has 0 aliphatic rings. The minimum Gasteiger partial charge on any atom is -0.345 e. The molecule has 0 fully saturated rings. The summed E-state index contributed by atoms with van der Waals surface area (Å²) in [6, 6.07) is 15.6. The molecule has 4 heteroatoms. The van der Waals surface area contributed by atoms with E-state index in [9.17, 15) is 4.79 Å². The number of carbonyl (C=O) groups excluding carboxylic acids is 1. The summed E-state index contributed by atoms with van der Waals surface area (Å²) >= 11 is 5.61. The minimum atomic E-state index is -0.0678. The number of halogens is 2. The summed E-state index contributed by atoms with van der Waals surface area (Å²) in [6.45, 7) is 1.98. The lowest BCUT2D eigenvalue weighted by Crippen LogP contribution is -2.27. The van der Waals surface area contributed by atoms with Crippen LogP contribution in [0.4, 0.5) is 0 Å². The first-order valence-electron chi connectivity index (χ1n) is 5.89. The second kappa shape index (κ2) is 6.52. The molecule has 0 saturated carbocycles. The Hall–Kier alpha value is -0.880. The number of hydrogen-bond acceptors (Lipinski definition) is 1. The summed E-state index contributed by atoms with van der Waals surface area (Å²) in [5, 5.41) is 3.01. The number of amides is 1. The number of nitrogens with one attached hydrogen (secondary N) is 1. The molecule has 2 aromatic rings. The Morgan fingerprint density at radius 3 is 2.58 bits per heavy atom. The summed E-state index contributed by atoms with van der Waals surface area (Å²) in [5.41, 5.74) is 1.76. The van der Waals surface area contributed by atoms with E-state index in [2.05, 4.69) is 43.8 Å². The molecule has 0 aliphatic heterocycles. The molecule has 2 aromatic carbocycles. The summed E-state index contributed by atoms with van der Waals surface area (Å²) < 4.78 is 1.85. The zero-order valence-corrected chi connectivity index (χ0v) is 14.1. The topological polar surface area (TPSA) is 29.1 Å². The summed E-state index contributed by atoms with van der Waals surface area (Å²) in [6.07, 6.45) is 0. The van der Waals surface area contributed by atoms with Crippen LogP contribution in [-0.2, 0) is 0 Å². The van der Waals surface area contributed by atoms with Gasteiger partial charge in [-0.2, -0.15) is 0 Å². The van der Waals surface area contributed by atoms with Crippen LogP contribution in [0.5, 0.6) is 0 Å². The van der Waals surface area contributed by atoms with Crippen LogP contribution >= 0.6 is 38.5 Å². The fourth-order valence-corrected chi connectivity index (χ4v) is 2.69. The van der Waals surface area contributed by atoms with Gasteiger partial charge >= 0.3 is 0 Å². The molecule has 0 unspecified atom stereocenters. The molecule has 1 N–H and O–H groups in total. The van der Waals surface area contributed by atoms with E-state index in [4.69, 9.17) is 0 Å². The standard InChI is InChI=1S/C15H13BrINO/c1-10(11-5-3-2-4-6-11)18-15(19)13-9-12(17)7-8-14(13)16/h2-10H,1H3,(H,18,19)/t10-/m0/s1. The number of benzene rings is 2. The third-order valence-corrected chi connectivity index (χ3v) is 4.18. The van der Waals surface area contributed by atoms with E-state index < -0.39 is 0 Å². The monoisotopic (exact) mass is 429 g/mol. The van der Waals surface area contributed by atoms with Crippen LogP contribution in [0.2, 0.25) is 0 Å². The van der Waals surface area contributed by atoms with Crippen molar-refractivity contribution in [3.05, 3.63) is 67.7 Å². The molecule has 0 radical (unpaired) electrons. The van der Waals surface area contributed by atoms with Crippen molar-refractivity contribution in [2.45, 2.75) is 13.0 Å². The fourth-order valence-electron chi connectivity index (χ4n) is 1.77. The van der Waals surface area contributed by atoms with Crippen LogP contribution < -0.4 is 5.32 Å². The second-order valence-corrected chi connectivity index (χ2v) is 6.33. The predicted octanol–water partition coefficient (Wildman–Crippen LogP) is 4.54. The molecule has 0 heterocycles. The maximum atomic E-state index is 12.3. The van der Waals surface area contributed by atoms with Crippen molar-refractivity contribution in [2.75, 3.05) is 0 Å². The Morgan fingerprint density at radius 2 is 1.89 bits per heavy atom. The van der Waals surface area contributed by atoms with Crippen molar-refractivity contribution < 1.29 is 4.79 Å². The zero-order valence-electron chi connectivity index (χ0n) is 10.4. The molecule has 98 valence electrons. The predicted molar refractivity (Wildman–Crippen MR) is 89.2 cm³/mol. The first-order chi connectivity index (χ1) is 9.08. The van der Waals surface area contributed by atoms with E-state index in [1.54, 1.807) is 0 Å². The van der Waals surface area contributed by atoms with Gasteiger partial charge in [-0.05, 0) is 69.2 Å². The van der Waals surface area contributed by atoms with Crippen LogP contribution in [-0.4, -0.2) is 5.91 Å². The summed E-state index contributed by atoms with van der Waals surface area (Å²) in [4.78, 5) is 12.3. The van der Waals surface area contributed by atoms with Gasteiger partial charge in [-0.1, -0.05) is 30.3 Å². The van der Waals surface area contributed by atoms with Gasteiger partial charge < -0.3 is 5.32 Å². The average Bonchev–Trinajstić information content (AvgIpc) is 2.42. The molecule has 0 aliphatic carbocycles. The quantitative estimate of drug-likeness (QED) is 0.712. The van der Waals surface area contributed by atoms with Crippen molar-refractivity contribution in [1.29, 1.82) is 0 Å². The molecule has 0 bridgehead atoms. The minimum absolute atomic E-state index is 0.0153. The van der Waals surface area contributed by atoms with Crippen LogP contribution in [0.1, 0.15) is 28.9 Å². The maximum absolute atomic E-state index is 12.3. The van der Waals surface area contributed by atoms with Crippen molar-refractivity contribution in [3.63, 3.8) is 0 Å². The van der Waals surface area contributed by atoms with Gasteiger partial charge in [-0.3, -0.25) is 4.79 Å². The molecule has 2 rings (SSSR count). The summed E-state index contributed by atoms with van der Waals surface area (Å²) in [5.74, 6) is -0.0678. The fraction of sp³-hybridized carbons (Fsp3) is 0.133. The number of hydrogen-bond donors (Lipinski definition) is 1. The van der Waals surface area contributed by atoms with Crippen LogP contribution in [0.15, 0.2) is 53.0 Å². The van der Waals surface area contributed by atoms with Crippen LogP contribution in [0.25, 0.3) is 0 Å². The highest BCUT2D eigenvalue weighted by Crippen LogP contribution is 2.20. The van der Waals surface area contributed by atoms with Gasteiger partial charge in [0.2, 0.25) is 0 Å². The number of carbonyl (C=O) groups is 1. The van der Waals surface area contributed by atoms with Crippen molar-refractivity contribution in [3.8, 4) is 0 Å². The van der Waals surface area contributed by atoms with Crippen molar-refractivity contribution >= 4 is 44.4 Å². The van der Waals surface area contributed by atoms with E-state index in [0.29, 0.717) is 5.56 Å². The lowest BCUT2D eigenvalue weighted by atomic mass is 10.1. The highest BCUT2D eigenvalue weighted by Gasteiger charge is 2.14. The van der Waals surface area contributed by atoms with Gasteiger partial charge in [0.15, 0.2) is 0 Å². The first kappa shape index (κ1) is 14.5. The van der Waals surface area contributed by atoms with Crippen LogP contribution in [0, 0.1) is 3.57 Å². The Balaban J connectivity index is 2.15. The van der Waals surface area contributed by atoms with Gasteiger partial charge in [-0.25, -0.2) is 0 Å². The Labute approximate surface area is 134 Å². The highest BCUT2D eigenvalue weighted by atomic mass is 127.